The van der Waals surface area contributed by atoms with Gasteiger partial charge in [-0.05, 0) is 121 Å². The second kappa shape index (κ2) is 6.98. The normalized spacial score (nSPS) is 54.0. The van der Waals surface area contributed by atoms with Crippen molar-refractivity contribution in [1.29, 1.82) is 0 Å². The van der Waals surface area contributed by atoms with Gasteiger partial charge in [-0.2, -0.15) is 0 Å². The van der Waals surface area contributed by atoms with Crippen LogP contribution in [0.25, 0.3) is 0 Å². The summed E-state index contributed by atoms with van der Waals surface area (Å²) in [6.45, 7) is 15.4. The molecule has 2 spiro atoms. The highest BCUT2D eigenvalue weighted by atomic mass is 16.3. The molecule has 1 heteroatoms. The Morgan fingerprint density at radius 3 is 2.30 bits per heavy atom. The molecule has 172 valence electrons. The molecule has 5 aliphatic carbocycles. The predicted octanol–water partition coefficient (Wildman–Crippen LogP) is 7.86. The first-order valence-electron chi connectivity index (χ1n) is 13.8. The molecule has 5 saturated carbocycles. The van der Waals surface area contributed by atoms with E-state index in [0.29, 0.717) is 21.7 Å². The smallest absolute Gasteiger partial charge is 0.0543 e. The molecule has 0 aromatic heterocycles. The van der Waals surface area contributed by atoms with Crippen LogP contribution in [0.3, 0.4) is 0 Å². The molecule has 0 radical (unpaired) electrons. The van der Waals surface area contributed by atoms with E-state index in [0.717, 1.165) is 48.3 Å². The first-order valence-corrected chi connectivity index (χ1v) is 13.8. The van der Waals surface area contributed by atoms with Gasteiger partial charge in [0, 0.05) is 0 Å². The zero-order valence-electron chi connectivity index (χ0n) is 21.0. The van der Waals surface area contributed by atoms with E-state index < -0.39 is 0 Å². The van der Waals surface area contributed by atoms with Crippen molar-refractivity contribution in [3.63, 3.8) is 0 Å². The summed E-state index contributed by atoms with van der Waals surface area (Å²) >= 11 is 0. The minimum absolute atomic E-state index is 0.00390. The molecular weight excluding hydrogens is 364 g/mol. The summed E-state index contributed by atoms with van der Waals surface area (Å²) in [6.07, 6.45) is 16.8. The van der Waals surface area contributed by atoms with Crippen LogP contribution in [-0.4, -0.2) is 11.2 Å². The number of aliphatic hydroxyl groups excluding tert-OH is 1. The molecule has 0 heterocycles. The molecule has 1 nitrogen and oxygen atoms in total. The van der Waals surface area contributed by atoms with Gasteiger partial charge < -0.3 is 5.11 Å². The maximum atomic E-state index is 10.3. The van der Waals surface area contributed by atoms with E-state index in [1.165, 1.54) is 64.2 Å². The summed E-state index contributed by atoms with van der Waals surface area (Å²) in [4.78, 5) is 0. The van der Waals surface area contributed by atoms with E-state index in [4.69, 9.17) is 0 Å². The maximum absolute atomic E-state index is 10.3. The van der Waals surface area contributed by atoms with Crippen LogP contribution in [0.15, 0.2) is 0 Å². The Balaban J connectivity index is 1.35. The van der Waals surface area contributed by atoms with Crippen LogP contribution in [0.5, 0.6) is 0 Å². The summed E-state index contributed by atoms with van der Waals surface area (Å²) < 4.78 is 0. The molecule has 0 bridgehead atoms. The monoisotopic (exact) mass is 414 g/mol. The number of rotatable bonds is 5. The molecule has 5 rings (SSSR count). The third-order valence-electron chi connectivity index (χ3n) is 13.1. The second-order valence-electron chi connectivity index (χ2n) is 14.0. The third kappa shape index (κ3) is 2.69. The fourth-order valence-electron chi connectivity index (χ4n) is 10.6. The fourth-order valence-corrected chi connectivity index (χ4v) is 10.6. The van der Waals surface area contributed by atoms with Crippen molar-refractivity contribution in [3.05, 3.63) is 0 Å². The Hall–Kier alpha value is -0.0400. The molecule has 1 N–H and O–H groups in total. The van der Waals surface area contributed by atoms with Gasteiger partial charge in [0.05, 0.1) is 6.10 Å². The number of hydrogen-bond acceptors (Lipinski definition) is 1. The minimum Gasteiger partial charge on any atom is -0.393 e. The van der Waals surface area contributed by atoms with E-state index in [1.54, 1.807) is 0 Å². The summed E-state index contributed by atoms with van der Waals surface area (Å²) in [7, 11) is 0. The van der Waals surface area contributed by atoms with E-state index in [2.05, 4.69) is 41.5 Å². The highest BCUT2D eigenvalue weighted by Gasteiger charge is 2.80. The largest absolute Gasteiger partial charge is 0.393 e. The number of fused-ring (bicyclic) bond motifs is 2. The van der Waals surface area contributed by atoms with Gasteiger partial charge in [0.2, 0.25) is 0 Å². The van der Waals surface area contributed by atoms with E-state index in [9.17, 15) is 5.11 Å². The van der Waals surface area contributed by atoms with Gasteiger partial charge in [0.1, 0.15) is 0 Å². The Bertz CT molecular complexity index is 669. The summed E-state index contributed by atoms with van der Waals surface area (Å²) in [5.74, 6) is 5.35. The van der Waals surface area contributed by atoms with Crippen molar-refractivity contribution in [1.82, 2.24) is 0 Å². The maximum Gasteiger partial charge on any atom is 0.0543 e. The quantitative estimate of drug-likeness (QED) is 0.485. The minimum atomic E-state index is 0.00390. The standard InChI is InChI=1S/C29H50O/c1-19(2)20(3)7-8-21(4)24-12-13-27(6)25-10-9-22-17-23(30)11-14-28(22)18-29(25,28)16-15-26(24,27)5/h19-25,30H,7-18H2,1-6H3/t20?,21-,22?,23?,24-,25+,26-,27+,28-,29-/m1/s1. The van der Waals surface area contributed by atoms with Crippen LogP contribution >= 0.6 is 0 Å². The SMILES string of the molecule is CC(C)C(C)CC[C@@H](C)[C@H]1CC[C@@]2(C)[C@@H]3CCC4CC(O)CC[C@@]45C[C@]35CC[C@]12C. The van der Waals surface area contributed by atoms with Crippen LogP contribution < -0.4 is 0 Å². The topological polar surface area (TPSA) is 20.2 Å². The molecule has 0 aliphatic heterocycles. The van der Waals surface area contributed by atoms with Crippen molar-refractivity contribution in [3.8, 4) is 0 Å². The molecule has 0 saturated heterocycles. The van der Waals surface area contributed by atoms with E-state index >= 15 is 0 Å². The molecule has 0 amide bonds. The van der Waals surface area contributed by atoms with Gasteiger partial charge in [0.15, 0.2) is 0 Å². The highest BCUT2D eigenvalue weighted by molar-refractivity contribution is 5.29. The summed E-state index contributed by atoms with van der Waals surface area (Å²) in [5, 5.41) is 10.3. The van der Waals surface area contributed by atoms with Crippen molar-refractivity contribution in [2.45, 2.75) is 125 Å². The molecule has 0 aromatic carbocycles. The molecule has 5 fully saturated rings. The molecule has 10 atom stereocenters. The van der Waals surface area contributed by atoms with Crippen LogP contribution in [0.2, 0.25) is 0 Å². The predicted molar refractivity (Wildman–Crippen MR) is 126 cm³/mol. The number of hydrogen-bond donors (Lipinski definition) is 1. The lowest BCUT2D eigenvalue weighted by Crippen LogP contribution is -2.55. The average Bonchev–Trinajstić information content (AvgIpc) is 3.28. The van der Waals surface area contributed by atoms with Crippen molar-refractivity contribution in [2.24, 2.45) is 57.2 Å². The Morgan fingerprint density at radius 2 is 1.57 bits per heavy atom. The second-order valence-corrected chi connectivity index (χ2v) is 14.0. The van der Waals surface area contributed by atoms with Crippen molar-refractivity contribution < 1.29 is 5.11 Å². The Kier molecular flexibility index (Phi) is 5.07. The van der Waals surface area contributed by atoms with Crippen LogP contribution in [0.4, 0.5) is 0 Å². The Labute approximate surface area is 187 Å². The van der Waals surface area contributed by atoms with Gasteiger partial charge in [-0.15, -0.1) is 0 Å². The summed E-state index contributed by atoms with van der Waals surface area (Å²) in [6, 6.07) is 0. The molecular formula is C29H50O. The molecule has 0 aromatic rings. The van der Waals surface area contributed by atoms with Crippen LogP contribution in [-0.2, 0) is 0 Å². The lowest BCUT2D eigenvalue weighted by molar-refractivity contribution is -0.133. The highest BCUT2D eigenvalue weighted by Crippen LogP contribution is 2.87. The third-order valence-corrected chi connectivity index (χ3v) is 13.1. The van der Waals surface area contributed by atoms with Crippen LogP contribution in [0.1, 0.15) is 119 Å². The molecule has 3 unspecified atom stereocenters. The van der Waals surface area contributed by atoms with Crippen LogP contribution in [0, 0.1) is 57.2 Å². The first-order chi connectivity index (χ1) is 14.1. The Morgan fingerprint density at radius 1 is 0.800 bits per heavy atom. The van der Waals surface area contributed by atoms with Gasteiger partial charge in [-0.1, -0.05) is 54.4 Å². The average molecular weight is 415 g/mol. The first kappa shape index (κ1) is 21.8. The zero-order chi connectivity index (χ0) is 21.5. The lowest BCUT2D eigenvalue weighted by atomic mass is 9.43. The summed E-state index contributed by atoms with van der Waals surface area (Å²) in [5.41, 5.74) is 2.46. The lowest BCUT2D eigenvalue weighted by Gasteiger charge is -2.61. The van der Waals surface area contributed by atoms with Gasteiger partial charge in [-0.25, -0.2) is 0 Å². The molecule has 30 heavy (non-hydrogen) atoms. The van der Waals surface area contributed by atoms with Gasteiger partial charge >= 0.3 is 0 Å². The van der Waals surface area contributed by atoms with Crippen molar-refractivity contribution in [2.75, 3.05) is 0 Å². The van der Waals surface area contributed by atoms with E-state index in [-0.39, 0.29) is 6.10 Å². The van der Waals surface area contributed by atoms with E-state index in [1.807, 2.05) is 0 Å². The van der Waals surface area contributed by atoms with Crippen molar-refractivity contribution >= 4 is 0 Å². The zero-order valence-corrected chi connectivity index (χ0v) is 21.0. The number of aliphatic hydroxyl groups is 1. The van der Waals surface area contributed by atoms with Gasteiger partial charge in [-0.3, -0.25) is 0 Å². The fraction of sp³-hybridized carbons (Fsp3) is 1.00. The van der Waals surface area contributed by atoms with Gasteiger partial charge in [0.25, 0.3) is 0 Å². The molecule has 5 aliphatic rings.